The molecule has 0 fully saturated rings. The van der Waals surface area contributed by atoms with Crippen LogP contribution in [0.3, 0.4) is 0 Å². The van der Waals surface area contributed by atoms with E-state index in [2.05, 4.69) is 17.0 Å². The van der Waals surface area contributed by atoms with Gasteiger partial charge in [-0.05, 0) is 75.4 Å². The fraction of sp³-hybridized carbons (Fsp3) is 0.417. The second kappa shape index (κ2) is 10.8. The summed E-state index contributed by atoms with van der Waals surface area (Å²) in [7, 11) is 0. The van der Waals surface area contributed by atoms with Crippen molar-refractivity contribution in [2.75, 3.05) is 18.2 Å². The van der Waals surface area contributed by atoms with Gasteiger partial charge in [0.25, 0.3) is 0 Å². The average molecular weight is 430 g/mol. The number of thioether (sulfide) groups is 1. The standard InChI is InChI=1S/C24H32FN3OS/c1-23(2,15-18-8-10-21(25)11-9-18)28-16-22(29)19-6-5-7-20(14-19)24(3,27-4)12-13-30-17-26/h5-11,14,28H,4,12-13,15-17,26H2,1-3H3. The summed E-state index contributed by atoms with van der Waals surface area (Å²) in [6, 6.07) is 14.1. The second-order valence-corrected chi connectivity index (χ2v) is 9.45. The first kappa shape index (κ1) is 24.3. The molecule has 30 heavy (non-hydrogen) atoms. The molecule has 2 aromatic rings. The van der Waals surface area contributed by atoms with E-state index in [4.69, 9.17) is 5.73 Å². The Morgan fingerprint density at radius 1 is 1.20 bits per heavy atom. The largest absolute Gasteiger partial charge is 0.322 e. The number of nitrogens with one attached hydrogen (secondary N) is 1. The van der Waals surface area contributed by atoms with Gasteiger partial charge in [-0.2, -0.15) is 0 Å². The summed E-state index contributed by atoms with van der Waals surface area (Å²) in [6.07, 6.45) is 1.50. The molecule has 3 N–H and O–H groups in total. The maximum atomic E-state index is 13.1. The maximum Gasteiger partial charge on any atom is 0.176 e. The van der Waals surface area contributed by atoms with E-state index in [1.807, 2.05) is 45.0 Å². The van der Waals surface area contributed by atoms with Crippen LogP contribution in [0.15, 0.2) is 53.5 Å². The van der Waals surface area contributed by atoms with Gasteiger partial charge in [0.15, 0.2) is 5.78 Å². The summed E-state index contributed by atoms with van der Waals surface area (Å²) in [6.45, 7) is 10.1. The third-order valence-electron chi connectivity index (χ3n) is 5.29. The highest BCUT2D eigenvalue weighted by molar-refractivity contribution is 7.99. The van der Waals surface area contributed by atoms with Gasteiger partial charge < -0.3 is 11.1 Å². The minimum atomic E-state index is -0.451. The van der Waals surface area contributed by atoms with E-state index in [-0.39, 0.29) is 23.7 Å². The summed E-state index contributed by atoms with van der Waals surface area (Å²) >= 11 is 1.66. The molecule has 1 atom stereocenters. The van der Waals surface area contributed by atoms with Crippen molar-refractivity contribution in [3.05, 3.63) is 71.0 Å². The van der Waals surface area contributed by atoms with Gasteiger partial charge in [0.1, 0.15) is 5.82 Å². The predicted octanol–water partition coefficient (Wildman–Crippen LogP) is 4.57. The van der Waals surface area contributed by atoms with E-state index in [0.29, 0.717) is 17.9 Å². The molecule has 0 spiro atoms. The zero-order valence-electron chi connectivity index (χ0n) is 18.1. The molecule has 6 heteroatoms. The quantitative estimate of drug-likeness (QED) is 0.224. The van der Waals surface area contributed by atoms with Crippen LogP contribution in [0.4, 0.5) is 4.39 Å². The Hall–Kier alpha value is -2.02. The Kier molecular flexibility index (Phi) is 8.77. The van der Waals surface area contributed by atoms with Crippen LogP contribution in [0, 0.1) is 5.82 Å². The van der Waals surface area contributed by atoms with Crippen molar-refractivity contribution < 1.29 is 9.18 Å². The zero-order valence-corrected chi connectivity index (χ0v) is 18.9. The molecule has 0 saturated heterocycles. The first-order chi connectivity index (χ1) is 14.2. The highest BCUT2D eigenvalue weighted by Crippen LogP contribution is 2.31. The number of Topliss-reactive ketones (excluding diaryl/α,β-unsaturated/α-hetero) is 1. The molecule has 0 radical (unpaired) electrons. The van der Waals surface area contributed by atoms with Crippen LogP contribution in [0.5, 0.6) is 0 Å². The SMILES string of the molecule is C=NC(C)(CCSCN)c1cccc(C(=O)CNC(C)(C)Cc2ccc(F)cc2)c1. The number of nitrogens with zero attached hydrogens (tertiary/aromatic N) is 1. The summed E-state index contributed by atoms with van der Waals surface area (Å²) in [5.74, 6) is 1.23. The van der Waals surface area contributed by atoms with Gasteiger partial charge >= 0.3 is 0 Å². The normalized spacial score (nSPS) is 13.6. The number of hydrogen-bond acceptors (Lipinski definition) is 5. The molecule has 2 aromatic carbocycles. The topological polar surface area (TPSA) is 67.5 Å². The lowest BCUT2D eigenvalue weighted by molar-refractivity contribution is 0.0980. The molecule has 0 heterocycles. The van der Waals surface area contributed by atoms with Crippen molar-refractivity contribution in [2.45, 2.75) is 44.7 Å². The first-order valence-electron chi connectivity index (χ1n) is 10.1. The molecule has 0 aromatic heterocycles. The van der Waals surface area contributed by atoms with Crippen molar-refractivity contribution in [3.8, 4) is 0 Å². The number of benzene rings is 2. The number of ketones is 1. The van der Waals surface area contributed by atoms with E-state index < -0.39 is 5.54 Å². The Bertz CT molecular complexity index is 854. The third kappa shape index (κ3) is 7.04. The number of aliphatic imine (C=N–C) groups is 1. The molecule has 162 valence electrons. The Morgan fingerprint density at radius 2 is 1.90 bits per heavy atom. The molecular formula is C24H32FN3OS. The van der Waals surface area contributed by atoms with Crippen molar-refractivity contribution in [3.63, 3.8) is 0 Å². The summed E-state index contributed by atoms with van der Waals surface area (Å²) in [4.78, 5) is 17.2. The van der Waals surface area contributed by atoms with Crippen molar-refractivity contribution in [2.24, 2.45) is 10.7 Å². The average Bonchev–Trinajstić information content (AvgIpc) is 2.73. The Morgan fingerprint density at radius 3 is 2.53 bits per heavy atom. The van der Waals surface area contributed by atoms with Crippen LogP contribution in [0.25, 0.3) is 0 Å². The lowest BCUT2D eigenvalue weighted by atomic mass is 9.88. The zero-order chi connectivity index (χ0) is 22.2. The Balaban J connectivity index is 2.03. The van der Waals surface area contributed by atoms with Crippen LogP contribution in [-0.2, 0) is 12.0 Å². The van der Waals surface area contributed by atoms with Crippen LogP contribution in [-0.4, -0.2) is 36.2 Å². The van der Waals surface area contributed by atoms with E-state index in [9.17, 15) is 9.18 Å². The molecule has 4 nitrogen and oxygen atoms in total. The second-order valence-electron chi connectivity index (χ2n) is 8.30. The first-order valence-corrected chi connectivity index (χ1v) is 11.2. The number of rotatable bonds is 12. The fourth-order valence-corrected chi connectivity index (χ4v) is 4.00. The van der Waals surface area contributed by atoms with Gasteiger partial charge in [0, 0.05) is 17.0 Å². The maximum absolute atomic E-state index is 13.1. The molecule has 2 rings (SSSR count). The van der Waals surface area contributed by atoms with E-state index in [0.717, 1.165) is 23.3 Å². The van der Waals surface area contributed by atoms with Crippen molar-refractivity contribution >= 4 is 24.3 Å². The smallest absolute Gasteiger partial charge is 0.176 e. The van der Waals surface area contributed by atoms with E-state index in [1.54, 1.807) is 23.9 Å². The monoisotopic (exact) mass is 429 g/mol. The summed E-state index contributed by atoms with van der Waals surface area (Å²) < 4.78 is 13.1. The molecule has 0 aliphatic rings. The number of hydrogen-bond donors (Lipinski definition) is 2. The van der Waals surface area contributed by atoms with Gasteiger partial charge in [-0.15, -0.1) is 11.8 Å². The van der Waals surface area contributed by atoms with Gasteiger partial charge in [-0.1, -0.05) is 30.3 Å². The van der Waals surface area contributed by atoms with Crippen molar-refractivity contribution in [1.82, 2.24) is 5.32 Å². The molecule has 0 bridgehead atoms. The van der Waals surface area contributed by atoms with Crippen LogP contribution < -0.4 is 11.1 Å². The van der Waals surface area contributed by atoms with Crippen LogP contribution in [0.2, 0.25) is 0 Å². The highest BCUT2D eigenvalue weighted by Gasteiger charge is 2.25. The number of halogens is 1. The van der Waals surface area contributed by atoms with Gasteiger partial charge in [-0.25, -0.2) is 4.39 Å². The molecule has 0 amide bonds. The third-order valence-corrected chi connectivity index (χ3v) is 6.02. The summed E-state index contributed by atoms with van der Waals surface area (Å²) in [5, 5.41) is 3.34. The Labute approximate surface area is 183 Å². The highest BCUT2D eigenvalue weighted by atomic mass is 32.2. The molecule has 0 aliphatic carbocycles. The van der Waals surface area contributed by atoms with Gasteiger partial charge in [0.05, 0.1) is 12.1 Å². The van der Waals surface area contributed by atoms with E-state index in [1.165, 1.54) is 12.1 Å². The van der Waals surface area contributed by atoms with E-state index >= 15 is 0 Å². The summed E-state index contributed by atoms with van der Waals surface area (Å²) in [5.41, 5.74) is 7.47. The predicted molar refractivity (Wildman–Crippen MR) is 126 cm³/mol. The van der Waals surface area contributed by atoms with Crippen molar-refractivity contribution in [1.29, 1.82) is 0 Å². The minimum absolute atomic E-state index is 0.0202. The van der Waals surface area contributed by atoms with Crippen LogP contribution >= 0.6 is 11.8 Å². The molecule has 0 saturated carbocycles. The molecule has 1 unspecified atom stereocenters. The lowest BCUT2D eigenvalue weighted by Crippen LogP contribution is -2.44. The minimum Gasteiger partial charge on any atom is -0.322 e. The number of nitrogens with two attached hydrogens (primary N) is 1. The molecular weight excluding hydrogens is 397 g/mol. The number of carbonyl (C=O) groups is 1. The van der Waals surface area contributed by atoms with Crippen LogP contribution in [0.1, 0.15) is 48.7 Å². The van der Waals surface area contributed by atoms with Gasteiger partial charge in [-0.3, -0.25) is 9.79 Å². The van der Waals surface area contributed by atoms with Gasteiger partial charge in [0.2, 0.25) is 0 Å². The fourth-order valence-electron chi connectivity index (χ4n) is 3.29. The molecule has 0 aliphatic heterocycles. The number of carbonyl (C=O) groups excluding carboxylic acids is 1. The lowest BCUT2D eigenvalue weighted by Gasteiger charge is -2.27.